The summed E-state index contributed by atoms with van der Waals surface area (Å²) >= 11 is 0. The fourth-order valence-electron chi connectivity index (χ4n) is 3.04. The Labute approximate surface area is 182 Å². The second-order valence-corrected chi connectivity index (χ2v) is 7.51. The van der Waals surface area contributed by atoms with Crippen molar-refractivity contribution in [3.63, 3.8) is 0 Å². The minimum atomic E-state index is -1.10. The molecule has 1 aromatic rings. The Bertz CT molecular complexity index is 642. The minimum absolute atomic E-state index is 0.228. The highest BCUT2D eigenvalue weighted by Crippen LogP contribution is 2.21. The SMILES string of the molecule is NCCCC[C@H](NC(=O)N[C@@H](CCCCN)c1nc([C@@H](N)CCCCN)no1)C(=O)O. The third-order valence-corrected chi connectivity index (χ3v) is 4.86. The number of unbranched alkanes of at least 4 members (excludes halogenated alkanes) is 3. The van der Waals surface area contributed by atoms with Crippen LogP contribution in [0.2, 0.25) is 0 Å². The van der Waals surface area contributed by atoms with E-state index < -0.39 is 24.1 Å². The summed E-state index contributed by atoms with van der Waals surface area (Å²) in [7, 11) is 0. The van der Waals surface area contributed by atoms with Gasteiger partial charge < -0.3 is 43.2 Å². The Morgan fingerprint density at radius 1 is 0.903 bits per heavy atom. The van der Waals surface area contributed by atoms with Gasteiger partial charge in [0.2, 0.25) is 5.89 Å². The minimum Gasteiger partial charge on any atom is -0.480 e. The average molecular weight is 443 g/mol. The molecule has 2 amide bonds. The molecular weight excluding hydrogens is 404 g/mol. The summed E-state index contributed by atoms with van der Waals surface area (Å²) in [6.45, 7) is 1.58. The van der Waals surface area contributed by atoms with Crippen molar-refractivity contribution in [2.45, 2.75) is 75.9 Å². The molecule has 12 nitrogen and oxygen atoms in total. The van der Waals surface area contributed by atoms with Crippen LogP contribution in [0.5, 0.6) is 0 Å². The number of nitrogens with zero attached hydrogens (tertiary/aromatic N) is 2. The number of carbonyl (C=O) groups is 2. The zero-order chi connectivity index (χ0) is 23.1. The molecule has 0 unspecified atom stereocenters. The lowest BCUT2D eigenvalue weighted by Crippen LogP contribution is -2.47. The Morgan fingerprint density at radius 3 is 2.06 bits per heavy atom. The molecule has 1 aromatic heterocycles. The Balaban J connectivity index is 2.77. The summed E-state index contributed by atoms with van der Waals surface area (Å²) in [4.78, 5) is 28.3. The predicted molar refractivity (Wildman–Crippen MR) is 116 cm³/mol. The highest BCUT2D eigenvalue weighted by molar-refractivity contribution is 5.82. The summed E-state index contributed by atoms with van der Waals surface area (Å²) in [5.41, 5.74) is 22.6. The van der Waals surface area contributed by atoms with Crippen molar-refractivity contribution in [1.82, 2.24) is 20.8 Å². The second-order valence-electron chi connectivity index (χ2n) is 7.51. The summed E-state index contributed by atoms with van der Waals surface area (Å²) in [5, 5.41) is 18.5. The van der Waals surface area contributed by atoms with Gasteiger partial charge in [-0.1, -0.05) is 11.6 Å². The van der Waals surface area contributed by atoms with Gasteiger partial charge in [0.05, 0.1) is 6.04 Å². The number of aromatic nitrogens is 2. The van der Waals surface area contributed by atoms with E-state index in [1.165, 1.54) is 0 Å². The number of urea groups is 1. The molecule has 1 rings (SSSR count). The standard InChI is InChI=1S/C19H38N8O4/c20-10-4-1-7-13(23)16-26-17(31-27-16)14(8-2-5-11-21)24-19(30)25-15(18(28)29)9-3-6-12-22/h13-15H,1-12,20-23H2,(H,28,29)(H2,24,25,30)/t13-,14-,15-/m0/s1. The van der Waals surface area contributed by atoms with E-state index in [4.69, 9.17) is 27.5 Å². The average Bonchev–Trinajstić information content (AvgIpc) is 3.23. The molecule has 0 radical (unpaired) electrons. The van der Waals surface area contributed by atoms with Crippen LogP contribution in [-0.2, 0) is 4.79 Å². The fourth-order valence-corrected chi connectivity index (χ4v) is 3.04. The second kappa shape index (κ2) is 15.5. The Kier molecular flexibility index (Phi) is 13.4. The molecular formula is C19H38N8O4. The zero-order valence-corrected chi connectivity index (χ0v) is 18.1. The lowest BCUT2D eigenvalue weighted by molar-refractivity contribution is -0.139. The van der Waals surface area contributed by atoms with Crippen LogP contribution in [0.4, 0.5) is 4.79 Å². The van der Waals surface area contributed by atoms with Gasteiger partial charge in [-0.2, -0.15) is 4.98 Å². The van der Waals surface area contributed by atoms with Crippen LogP contribution in [0.15, 0.2) is 4.52 Å². The number of nitrogens with one attached hydrogen (secondary N) is 2. The number of carboxylic acid groups (broad SMARTS) is 1. The van der Waals surface area contributed by atoms with Gasteiger partial charge in [-0.25, -0.2) is 9.59 Å². The van der Waals surface area contributed by atoms with Crippen molar-refractivity contribution in [1.29, 1.82) is 0 Å². The topological polar surface area (TPSA) is 221 Å². The summed E-state index contributed by atoms with van der Waals surface area (Å²) in [6, 6.07) is -2.60. The van der Waals surface area contributed by atoms with E-state index in [-0.39, 0.29) is 11.9 Å². The van der Waals surface area contributed by atoms with E-state index in [2.05, 4.69) is 20.8 Å². The third-order valence-electron chi connectivity index (χ3n) is 4.86. The molecule has 0 saturated carbocycles. The van der Waals surface area contributed by atoms with Crippen molar-refractivity contribution < 1.29 is 19.2 Å². The first-order valence-electron chi connectivity index (χ1n) is 10.9. The molecule has 178 valence electrons. The highest BCUT2D eigenvalue weighted by atomic mass is 16.5. The van der Waals surface area contributed by atoms with Crippen molar-refractivity contribution in [2.75, 3.05) is 19.6 Å². The summed E-state index contributed by atoms with van der Waals surface area (Å²) < 4.78 is 5.35. The first kappa shape index (κ1) is 26.8. The molecule has 1 heterocycles. The van der Waals surface area contributed by atoms with Crippen LogP contribution in [0.3, 0.4) is 0 Å². The van der Waals surface area contributed by atoms with E-state index in [1.807, 2.05) is 0 Å². The molecule has 3 atom stereocenters. The van der Waals surface area contributed by atoms with E-state index in [0.29, 0.717) is 57.6 Å². The number of rotatable bonds is 17. The maximum atomic E-state index is 12.5. The van der Waals surface area contributed by atoms with Gasteiger partial charge in [0.15, 0.2) is 5.82 Å². The third kappa shape index (κ3) is 10.5. The van der Waals surface area contributed by atoms with Gasteiger partial charge in [-0.15, -0.1) is 0 Å². The quantitative estimate of drug-likeness (QED) is 0.163. The van der Waals surface area contributed by atoms with Crippen LogP contribution in [0, 0.1) is 0 Å². The van der Waals surface area contributed by atoms with Crippen molar-refractivity contribution in [2.24, 2.45) is 22.9 Å². The zero-order valence-electron chi connectivity index (χ0n) is 18.1. The maximum Gasteiger partial charge on any atom is 0.326 e. The number of hydrogen-bond donors (Lipinski definition) is 7. The van der Waals surface area contributed by atoms with Gasteiger partial charge in [-0.05, 0) is 71.0 Å². The molecule has 12 heteroatoms. The van der Waals surface area contributed by atoms with Crippen LogP contribution in [0.1, 0.15) is 81.6 Å². The molecule has 0 aliphatic rings. The molecule has 0 bridgehead atoms. The summed E-state index contributed by atoms with van der Waals surface area (Å²) in [5.74, 6) is -0.509. The normalized spacial score (nSPS) is 14.1. The lowest BCUT2D eigenvalue weighted by atomic mass is 10.1. The van der Waals surface area contributed by atoms with Crippen molar-refractivity contribution in [3.05, 3.63) is 11.7 Å². The predicted octanol–water partition coefficient (Wildman–Crippen LogP) is 0.250. The van der Waals surface area contributed by atoms with E-state index in [0.717, 1.165) is 25.7 Å². The molecule has 11 N–H and O–H groups in total. The maximum absolute atomic E-state index is 12.5. The highest BCUT2D eigenvalue weighted by Gasteiger charge is 2.25. The number of carboxylic acids is 1. The van der Waals surface area contributed by atoms with Crippen LogP contribution >= 0.6 is 0 Å². The molecule has 31 heavy (non-hydrogen) atoms. The fraction of sp³-hybridized carbons (Fsp3) is 0.789. The van der Waals surface area contributed by atoms with Crippen LogP contribution < -0.4 is 33.6 Å². The number of carbonyl (C=O) groups excluding carboxylic acids is 1. The number of hydrogen-bond acceptors (Lipinski definition) is 9. The largest absolute Gasteiger partial charge is 0.480 e. The van der Waals surface area contributed by atoms with E-state index in [1.54, 1.807) is 0 Å². The Morgan fingerprint density at radius 2 is 1.48 bits per heavy atom. The number of nitrogens with two attached hydrogens (primary N) is 4. The monoisotopic (exact) mass is 442 g/mol. The molecule has 0 aliphatic carbocycles. The van der Waals surface area contributed by atoms with Crippen LogP contribution in [-0.4, -0.2) is 52.9 Å². The van der Waals surface area contributed by atoms with Gasteiger partial charge >= 0.3 is 12.0 Å². The molecule has 0 aliphatic heterocycles. The van der Waals surface area contributed by atoms with Gasteiger partial charge in [0.1, 0.15) is 12.1 Å². The van der Waals surface area contributed by atoms with E-state index in [9.17, 15) is 14.7 Å². The van der Waals surface area contributed by atoms with Crippen LogP contribution in [0.25, 0.3) is 0 Å². The van der Waals surface area contributed by atoms with E-state index >= 15 is 0 Å². The molecule has 0 fully saturated rings. The Hall–Kier alpha value is -2.28. The molecule has 0 aromatic carbocycles. The van der Waals surface area contributed by atoms with Gasteiger partial charge in [0.25, 0.3) is 0 Å². The first-order valence-corrected chi connectivity index (χ1v) is 10.9. The van der Waals surface area contributed by atoms with Crippen molar-refractivity contribution in [3.8, 4) is 0 Å². The van der Waals surface area contributed by atoms with Gasteiger partial charge in [0, 0.05) is 0 Å². The number of amides is 2. The smallest absolute Gasteiger partial charge is 0.326 e. The first-order chi connectivity index (χ1) is 14.9. The molecule has 0 spiro atoms. The van der Waals surface area contributed by atoms with Gasteiger partial charge in [-0.3, -0.25) is 0 Å². The molecule has 0 saturated heterocycles. The number of aliphatic carboxylic acids is 1. The van der Waals surface area contributed by atoms with Crippen molar-refractivity contribution >= 4 is 12.0 Å². The summed E-state index contributed by atoms with van der Waals surface area (Å²) in [6.07, 6.45) is 5.95. The lowest BCUT2D eigenvalue weighted by Gasteiger charge is -2.19.